The molecular formula is C12H22FI3N2O. The van der Waals surface area contributed by atoms with E-state index in [-0.39, 0.29) is 13.9 Å². The maximum atomic E-state index is 13.8. The Kier molecular flexibility index (Phi) is 7.80. The highest BCUT2D eigenvalue weighted by Gasteiger charge is 2.47. The Bertz CT molecular complexity index is 340. The van der Waals surface area contributed by atoms with Gasteiger partial charge in [-0.25, -0.2) is 4.39 Å². The Morgan fingerprint density at radius 2 is 1.74 bits per heavy atom. The monoisotopic (exact) mass is 610 g/mol. The molecule has 0 aromatic rings. The Hall–Kier alpha value is 1.55. The van der Waals surface area contributed by atoms with Crippen molar-refractivity contribution in [2.75, 3.05) is 6.54 Å². The lowest BCUT2D eigenvalue weighted by Gasteiger charge is -2.39. The van der Waals surface area contributed by atoms with E-state index in [9.17, 15) is 9.50 Å². The number of alkyl halides is 4. The zero-order valence-electron chi connectivity index (χ0n) is 11.8. The van der Waals surface area contributed by atoms with E-state index >= 15 is 0 Å². The lowest BCUT2D eigenvalue weighted by atomic mass is 9.86. The van der Waals surface area contributed by atoms with Gasteiger partial charge in [-0.15, -0.1) is 0 Å². The lowest BCUT2D eigenvalue weighted by Crippen LogP contribution is -2.55. The van der Waals surface area contributed by atoms with Crippen molar-refractivity contribution >= 4 is 73.6 Å². The molecule has 0 heterocycles. The van der Waals surface area contributed by atoms with Crippen LogP contribution in [0.1, 0.15) is 34.6 Å². The zero-order chi connectivity index (χ0) is 15.6. The molecular weight excluding hydrogens is 588 g/mol. The first kappa shape index (κ1) is 20.6. The van der Waals surface area contributed by atoms with Gasteiger partial charge in [-0.2, -0.15) is 0 Å². The van der Waals surface area contributed by atoms with Crippen LogP contribution in [0, 0.1) is 0 Å². The number of aliphatic imine (C=N–C) groups is 1. The second-order valence-electron chi connectivity index (χ2n) is 5.41. The van der Waals surface area contributed by atoms with Crippen molar-refractivity contribution < 1.29 is 9.50 Å². The van der Waals surface area contributed by atoms with Gasteiger partial charge in [-0.05, 0) is 27.7 Å². The third-order valence-electron chi connectivity index (χ3n) is 3.43. The molecule has 4 atom stereocenters. The van der Waals surface area contributed by atoms with E-state index in [1.807, 2.05) is 36.4 Å². The van der Waals surface area contributed by atoms with Gasteiger partial charge >= 0.3 is 0 Å². The van der Waals surface area contributed by atoms with Gasteiger partial charge in [0.25, 0.3) is 0 Å². The summed E-state index contributed by atoms with van der Waals surface area (Å²) in [5, 5.41) is 10.5. The molecule has 4 unspecified atom stereocenters. The van der Waals surface area contributed by atoms with Gasteiger partial charge in [0.05, 0.1) is 9.97 Å². The van der Waals surface area contributed by atoms with Crippen molar-refractivity contribution in [2.45, 2.75) is 57.2 Å². The molecule has 0 saturated carbocycles. The summed E-state index contributed by atoms with van der Waals surface area (Å²) in [7, 11) is 0. The highest BCUT2D eigenvalue weighted by molar-refractivity contribution is 14.1. The van der Waals surface area contributed by atoms with Crippen LogP contribution in [0.25, 0.3) is 0 Å². The Labute approximate surface area is 156 Å². The molecule has 114 valence electrons. The maximum Gasteiger partial charge on any atom is 0.129 e. The summed E-state index contributed by atoms with van der Waals surface area (Å²) in [6.45, 7) is 8.93. The van der Waals surface area contributed by atoms with Crippen LogP contribution in [0.3, 0.4) is 0 Å². The van der Waals surface area contributed by atoms with Crippen LogP contribution in [0.15, 0.2) is 4.99 Å². The van der Waals surface area contributed by atoms with Gasteiger partial charge in [0.2, 0.25) is 0 Å². The number of hydrogen-bond donors (Lipinski definition) is 2. The summed E-state index contributed by atoms with van der Waals surface area (Å²) in [6, 6.07) is 0. The first-order valence-electron chi connectivity index (χ1n) is 5.95. The summed E-state index contributed by atoms with van der Waals surface area (Å²) in [4.78, 5) is 4.26. The SMILES string of the molecule is CC(I)C(C)(I)C(N)=NCC(O)(C(C)F)C(C)(C)I. The maximum absolute atomic E-state index is 13.8. The number of rotatable bonds is 6. The van der Waals surface area contributed by atoms with Crippen LogP contribution in [0.5, 0.6) is 0 Å². The Balaban J connectivity index is 5.23. The minimum atomic E-state index is -1.53. The largest absolute Gasteiger partial charge is 0.386 e. The number of hydrogen-bond acceptors (Lipinski definition) is 2. The van der Waals surface area contributed by atoms with Crippen LogP contribution in [0.4, 0.5) is 4.39 Å². The van der Waals surface area contributed by atoms with Crippen molar-refractivity contribution in [3.63, 3.8) is 0 Å². The molecule has 0 aliphatic rings. The van der Waals surface area contributed by atoms with Gasteiger partial charge < -0.3 is 10.8 Å². The zero-order valence-corrected chi connectivity index (χ0v) is 18.3. The molecule has 19 heavy (non-hydrogen) atoms. The predicted molar refractivity (Wildman–Crippen MR) is 106 cm³/mol. The van der Waals surface area contributed by atoms with Gasteiger partial charge in [-0.1, -0.05) is 74.7 Å². The van der Waals surface area contributed by atoms with Crippen molar-refractivity contribution in [3.8, 4) is 0 Å². The molecule has 0 fully saturated rings. The number of nitrogens with zero attached hydrogens (tertiary/aromatic N) is 1. The van der Waals surface area contributed by atoms with E-state index in [0.717, 1.165) is 0 Å². The molecule has 0 amide bonds. The quantitative estimate of drug-likeness (QED) is 0.209. The first-order valence-corrected chi connectivity index (χ1v) is 9.36. The molecule has 0 radical (unpaired) electrons. The first-order chi connectivity index (χ1) is 8.26. The molecule has 0 aromatic carbocycles. The normalized spacial score (nSPS) is 23.4. The van der Waals surface area contributed by atoms with Gasteiger partial charge in [0.15, 0.2) is 0 Å². The molecule has 0 aliphatic carbocycles. The summed E-state index contributed by atoms with van der Waals surface area (Å²) in [5.41, 5.74) is 4.48. The number of amidine groups is 1. The third kappa shape index (κ3) is 5.04. The summed E-state index contributed by atoms with van der Waals surface area (Å²) in [5.74, 6) is 0.440. The molecule has 3 nitrogen and oxygen atoms in total. The second kappa shape index (κ2) is 7.21. The van der Waals surface area contributed by atoms with Gasteiger partial charge in [0.1, 0.15) is 17.6 Å². The Morgan fingerprint density at radius 3 is 2.00 bits per heavy atom. The van der Waals surface area contributed by atoms with Crippen molar-refractivity contribution in [3.05, 3.63) is 0 Å². The van der Waals surface area contributed by atoms with E-state index in [1.165, 1.54) is 6.92 Å². The van der Waals surface area contributed by atoms with Crippen LogP contribution in [-0.2, 0) is 0 Å². The molecule has 7 heteroatoms. The highest BCUT2D eigenvalue weighted by Crippen LogP contribution is 2.36. The third-order valence-corrected chi connectivity index (χ3v) is 8.28. The van der Waals surface area contributed by atoms with E-state index in [4.69, 9.17) is 5.73 Å². The average molecular weight is 610 g/mol. The smallest absolute Gasteiger partial charge is 0.129 e. The minimum Gasteiger partial charge on any atom is -0.386 e. The molecule has 0 aromatic heterocycles. The van der Waals surface area contributed by atoms with Crippen molar-refractivity contribution in [1.29, 1.82) is 0 Å². The summed E-state index contributed by atoms with van der Waals surface area (Å²) >= 11 is 6.57. The minimum absolute atomic E-state index is 0.0333. The van der Waals surface area contributed by atoms with Crippen LogP contribution >= 0.6 is 67.8 Å². The topological polar surface area (TPSA) is 58.6 Å². The molecule has 0 spiro atoms. The van der Waals surface area contributed by atoms with E-state index < -0.39 is 15.2 Å². The summed E-state index contributed by atoms with van der Waals surface area (Å²) < 4.78 is 13.1. The van der Waals surface area contributed by atoms with Crippen LogP contribution in [-0.4, -0.2) is 40.0 Å². The number of aliphatic hydroxyl groups is 1. The van der Waals surface area contributed by atoms with E-state index in [0.29, 0.717) is 5.84 Å². The average Bonchev–Trinajstić information content (AvgIpc) is 2.22. The number of nitrogens with two attached hydrogens (primary N) is 1. The molecule has 0 saturated heterocycles. The summed E-state index contributed by atoms with van der Waals surface area (Å²) in [6.07, 6.45) is -1.38. The standard InChI is InChI=1S/C12H22FI3N2O/c1-7(13)12(19,10(3,4)15)6-18-9(17)11(5,16)8(2)14/h7-8,19H,6H2,1-5H3,(H2,17,18). The molecule has 0 aliphatic heterocycles. The molecule has 0 rings (SSSR count). The Morgan fingerprint density at radius 1 is 1.32 bits per heavy atom. The fourth-order valence-corrected chi connectivity index (χ4v) is 2.44. The lowest BCUT2D eigenvalue weighted by molar-refractivity contribution is -0.0379. The van der Waals surface area contributed by atoms with E-state index in [2.05, 4.69) is 50.2 Å². The van der Waals surface area contributed by atoms with Gasteiger partial charge in [0, 0.05) is 7.35 Å². The van der Waals surface area contributed by atoms with Crippen molar-refractivity contribution in [1.82, 2.24) is 0 Å². The van der Waals surface area contributed by atoms with E-state index in [1.54, 1.807) is 13.8 Å². The van der Waals surface area contributed by atoms with Crippen LogP contribution in [0.2, 0.25) is 0 Å². The highest BCUT2D eigenvalue weighted by atomic mass is 127. The molecule has 0 bridgehead atoms. The predicted octanol–water partition coefficient (Wildman–Crippen LogP) is 3.66. The molecule has 3 N–H and O–H groups in total. The fraction of sp³-hybridized carbons (Fsp3) is 0.917. The fourth-order valence-electron chi connectivity index (χ4n) is 1.35. The van der Waals surface area contributed by atoms with Crippen molar-refractivity contribution in [2.24, 2.45) is 10.7 Å². The second-order valence-corrected chi connectivity index (χ2v) is 12.2. The number of halogens is 4. The van der Waals surface area contributed by atoms with Gasteiger partial charge in [-0.3, -0.25) is 4.99 Å². The van der Waals surface area contributed by atoms with Crippen LogP contribution < -0.4 is 5.73 Å².